The van der Waals surface area contributed by atoms with Crippen LogP contribution in [-0.4, -0.2) is 65.5 Å². The number of rotatable bonds is 7. The van der Waals surface area contributed by atoms with Crippen LogP contribution in [0.1, 0.15) is 58.5 Å². The lowest BCUT2D eigenvalue weighted by atomic mass is 10.2. The Morgan fingerprint density at radius 1 is 1.24 bits per heavy atom. The first-order valence-electron chi connectivity index (χ1n) is 11.5. The summed E-state index contributed by atoms with van der Waals surface area (Å²) in [6.07, 6.45) is 5.94. The first-order chi connectivity index (χ1) is 16.4. The van der Waals surface area contributed by atoms with E-state index in [0.717, 1.165) is 47.9 Å². The van der Waals surface area contributed by atoms with E-state index in [2.05, 4.69) is 19.9 Å². The molecule has 11 heteroatoms. The van der Waals surface area contributed by atoms with Crippen molar-refractivity contribution in [2.24, 2.45) is 0 Å². The molecule has 4 aromatic rings. The van der Waals surface area contributed by atoms with Crippen LogP contribution in [0.3, 0.4) is 0 Å². The minimum atomic E-state index is -0.997. The molecule has 0 spiro atoms. The summed E-state index contributed by atoms with van der Waals surface area (Å²) in [6.45, 7) is 4.29. The van der Waals surface area contributed by atoms with Crippen molar-refractivity contribution in [1.29, 1.82) is 0 Å². The molecule has 34 heavy (non-hydrogen) atoms. The largest absolute Gasteiger partial charge is 0.477 e. The van der Waals surface area contributed by atoms with Gasteiger partial charge in [0.15, 0.2) is 10.9 Å². The van der Waals surface area contributed by atoms with Crippen molar-refractivity contribution >= 4 is 56.2 Å². The van der Waals surface area contributed by atoms with Crippen molar-refractivity contribution < 1.29 is 14.7 Å². The van der Waals surface area contributed by atoms with Crippen molar-refractivity contribution in [3.8, 4) is 0 Å². The molecule has 0 aromatic carbocycles. The zero-order valence-electron chi connectivity index (χ0n) is 19.2. The molecule has 2 aliphatic rings. The Morgan fingerprint density at radius 3 is 2.53 bits per heavy atom. The van der Waals surface area contributed by atoms with Crippen LogP contribution in [0.25, 0.3) is 22.1 Å². The third-order valence-corrected chi connectivity index (χ3v) is 7.85. The molecule has 2 aliphatic carbocycles. The smallest absolute Gasteiger partial charge is 0.347 e. The predicted octanol–water partition coefficient (Wildman–Crippen LogP) is 3.93. The topological polar surface area (TPSA) is 120 Å². The summed E-state index contributed by atoms with van der Waals surface area (Å²) in [5, 5.41) is 10.8. The van der Waals surface area contributed by atoms with E-state index in [0.29, 0.717) is 52.1 Å². The molecule has 10 nitrogen and oxygen atoms in total. The molecule has 2 saturated carbocycles. The van der Waals surface area contributed by atoms with Crippen LogP contribution in [0, 0.1) is 6.92 Å². The molecule has 1 amide bonds. The maximum atomic E-state index is 13.7. The summed E-state index contributed by atoms with van der Waals surface area (Å²) in [7, 11) is 1.81. The number of imidazole rings is 1. The molecule has 4 aromatic heterocycles. The third-order valence-electron chi connectivity index (χ3n) is 6.63. The number of aromatic amines is 1. The number of aryl methyl sites for hydroxylation is 2. The van der Waals surface area contributed by atoms with Crippen LogP contribution in [0.4, 0.5) is 10.9 Å². The Bertz CT molecular complexity index is 1450. The fraction of sp³-hybridized carbons (Fsp3) is 0.435. The van der Waals surface area contributed by atoms with Crippen LogP contribution in [0.5, 0.6) is 0 Å². The van der Waals surface area contributed by atoms with Gasteiger partial charge in [-0.2, -0.15) is 0 Å². The highest BCUT2D eigenvalue weighted by atomic mass is 32.1. The molecule has 0 saturated heterocycles. The Balaban J connectivity index is 1.50. The van der Waals surface area contributed by atoms with Gasteiger partial charge in [0, 0.05) is 31.1 Å². The van der Waals surface area contributed by atoms with E-state index >= 15 is 0 Å². The van der Waals surface area contributed by atoms with Gasteiger partial charge in [0.2, 0.25) is 0 Å². The predicted molar refractivity (Wildman–Crippen MR) is 129 cm³/mol. The number of anilines is 2. The number of carbonyl (C=O) groups excluding carboxylic acids is 1. The quantitative estimate of drug-likeness (QED) is 0.412. The van der Waals surface area contributed by atoms with E-state index in [-0.39, 0.29) is 10.8 Å². The van der Waals surface area contributed by atoms with Crippen molar-refractivity contribution in [2.75, 3.05) is 11.9 Å². The van der Waals surface area contributed by atoms with Gasteiger partial charge in [0.25, 0.3) is 5.91 Å². The van der Waals surface area contributed by atoms with E-state index in [1.807, 2.05) is 24.6 Å². The zero-order chi connectivity index (χ0) is 23.7. The molecular weight excluding hydrogens is 454 g/mol. The Kier molecular flexibility index (Phi) is 4.67. The van der Waals surface area contributed by atoms with Crippen LogP contribution in [0.15, 0.2) is 12.4 Å². The van der Waals surface area contributed by atoms with Crippen LogP contribution < -0.4 is 4.90 Å². The fourth-order valence-corrected chi connectivity index (χ4v) is 5.55. The Labute approximate surface area is 199 Å². The highest BCUT2D eigenvalue weighted by Gasteiger charge is 2.43. The second-order valence-electron chi connectivity index (χ2n) is 9.02. The number of nitrogens with zero attached hydrogens (tertiary/aromatic N) is 6. The number of H-pyrrole nitrogens is 1. The lowest BCUT2D eigenvalue weighted by molar-refractivity contribution is 0.0697. The first kappa shape index (κ1) is 21.1. The number of carbonyl (C=O) groups is 2. The number of aromatic carboxylic acids is 1. The number of thiazole rings is 1. The zero-order valence-corrected chi connectivity index (χ0v) is 20.0. The van der Waals surface area contributed by atoms with Gasteiger partial charge in [-0.05, 0) is 45.6 Å². The molecule has 2 N–H and O–H groups in total. The number of pyridine rings is 1. The molecular formula is C23H25N7O3S. The average Bonchev–Trinajstić information content (AvgIpc) is 3.70. The summed E-state index contributed by atoms with van der Waals surface area (Å²) >= 11 is 1.10. The molecule has 0 atom stereocenters. The second-order valence-corrected chi connectivity index (χ2v) is 10.0. The van der Waals surface area contributed by atoms with Gasteiger partial charge in [0.1, 0.15) is 27.3 Å². The van der Waals surface area contributed by atoms with Crippen LogP contribution in [0.2, 0.25) is 0 Å². The summed E-state index contributed by atoms with van der Waals surface area (Å²) in [6, 6.07) is 2.65. The van der Waals surface area contributed by atoms with E-state index in [9.17, 15) is 14.7 Å². The molecule has 2 fully saturated rings. The number of aromatic nitrogens is 5. The standard InChI is InChI=1S/C23H25N7O3S/c1-4-29-15(21(31)30(12-5-6-12)13-7-8-13)9-14-16-17(25-10-24-16)20(27-19(14)29)28(3)23-26-11(2)18(34-23)22(32)33/h9-10,12-13H,4-8H2,1-3H3,(H,24,25)(H,32,33). The number of hydrogen-bond donors (Lipinski definition) is 2. The Morgan fingerprint density at radius 2 is 1.94 bits per heavy atom. The van der Waals surface area contributed by atoms with Gasteiger partial charge in [-0.3, -0.25) is 4.79 Å². The van der Waals surface area contributed by atoms with Crippen molar-refractivity contribution in [3.05, 3.63) is 28.7 Å². The number of amides is 1. The van der Waals surface area contributed by atoms with E-state index in [4.69, 9.17) is 4.98 Å². The van der Waals surface area contributed by atoms with Gasteiger partial charge in [-0.1, -0.05) is 11.3 Å². The average molecular weight is 480 g/mol. The number of hydrogen-bond acceptors (Lipinski definition) is 7. The molecule has 176 valence electrons. The molecule has 4 heterocycles. The fourth-order valence-electron chi connectivity index (χ4n) is 4.68. The third kappa shape index (κ3) is 3.17. The van der Waals surface area contributed by atoms with Crippen LogP contribution in [-0.2, 0) is 6.54 Å². The maximum Gasteiger partial charge on any atom is 0.347 e. The summed E-state index contributed by atoms with van der Waals surface area (Å²) in [4.78, 5) is 46.4. The van der Waals surface area contributed by atoms with Crippen molar-refractivity contribution in [3.63, 3.8) is 0 Å². The lowest BCUT2D eigenvalue weighted by Gasteiger charge is -2.22. The van der Waals surface area contributed by atoms with Gasteiger partial charge >= 0.3 is 5.97 Å². The molecule has 0 unspecified atom stereocenters. The normalized spacial score (nSPS) is 15.9. The number of carboxylic acids is 1. The SMILES string of the molecule is CCn1c(C(=O)N(C2CC2)C2CC2)cc2c3nc[nH]c3c(N(C)c3nc(C)c(C(=O)O)s3)nc21. The van der Waals surface area contributed by atoms with Crippen LogP contribution >= 0.6 is 11.3 Å². The van der Waals surface area contributed by atoms with Gasteiger partial charge in [-0.25, -0.2) is 19.7 Å². The summed E-state index contributed by atoms with van der Waals surface area (Å²) < 4.78 is 1.97. The molecule has 0 aliphatic heterocycles. The van der Waals surface area contributed by atoms with Gasteiger partial charge < -0.3 is 24.5 Å². The van der Waals surface area contributed by atoms with Gasteiger partial charge in [0.05, 0.1) is 12.0 Å². The minimum Gasteiger partial charge on any atom is -0.477 e. The molecule has 0 bridgehead atoms. The van der Waals surface area contributed by atoms with Crippen molar-refractivity contribution in [1.82, 2.24) is 29.4 Å². The summed E-state index contributed by atoms with van der Waals surface area (Å²) in [5.41, 5.74) is 3.24. The number of nitrogens with one attached hydrogen (secondary N) is 1. The van der Waals surface area contributed by atoms with E-state index in [1.165, 1.54) is 0 Å². The van der Waals surface area contributed by atoms with Crippen molar-refractivity contribution in [2.45, 2.75) is 58.2 Å². The van der Waals surface area contributed by atoms with Gasteiger partial charge in [-0.15, -0.1) is 0 Å². The first-order valence-corrected chi connectivity index (χ1v) is 12.3. The highest BCUT2D eigenvalue weighted by Crippen LogP contribution is 2.40. The minimum absolute atomic E-state index is 0.0742. The Hall–Kier alpha value is -3.47. The number of carboxylic acid groups (broad SMARTS) is 1. The van der Waals surface area contributed by atoms with E-state index < -0.39 is 5.97 Å². The lowest BCUT2D eigenvalue weighted by Crippen LogP contribution is -2.36. The maximum absolute atomic E-state index is 13.7. The highest BCUT2D eigenvalue weighted by molar-refractivity contribution is 7.17. The molecule has 0 radical (unpaired) electrons. The molecule has 6 rings (SSSR count). The van der Waals surface area contributed by atoms with E-state index in [1.54, 1.807) is 18.2 Å². The summed E-state index contributed by atoms with van der Waals surface area (Å²) in [5.74, 6) is -0.340. The second kappa shape index (κ2) is 7.52. The number of fused-ring (bicyclic) bond motifs is 3. The monoisotopic (exact) mass is 479 g/mol.